The fourth-order valence-corrected chi connectivity index (χ4v) is 2.75. The number of benzene rings is 1. The van der Waals surface area contributed by atoms with Crippen LogP contribution >= 0.6 is 0 Å². The van der Waals surface area contributed by atoms with Crippen molar-refractivity contribution < 1.29 is 4.74 Å². The highest BCUT2D eigenvalue weighted by Crippen LogP contribution is 2.42. The molecule has 0 spiro atoms. The van der Waals surface area contributed by atoms with Gasteiger partial charge >= 0.3 is 0 Å². The molecule has 102 valence electrons. The molecule has 1 aliphatic rings. The molecule has 1 aliphatic heterocycles. The lowest BCUT2D eigenvalue weighted by Gasteiger charge is -2.28. The molecule has 2 rings (SSSR count). The van der Waals surface area contributed by atoms with Gasteiger partial charge in [-0.2, -0.15) is 5.26 Å². The van der Waals surface area contributed by atoms with Crippen molar-refractivity contribution in [2.45, 2.75) is 31.6 Å². The van der Waals surface area contributed by atoms with E-state index in [9.17, 15) is 5.26 Å². The van der Waals surface area contributed by atoms with Crippen LogP contribution in [-0.4, -0.2) is 32.1 Å². The van der Waals surface area contributed by atoms with E-state index in [4.69, 9.17) is 4.74 Å². The number of nitriles is 1. The summed E-state index contributed by atoms with van der Waals surface area (Å²) in [6.45, 7) is 3.68. The largest absolute Gasteiger partial charge is 0.493 e. The second-order valence-electron chi connectivity index (χ2n) is 5.65. The molecule has 3 heteroatoms. The molecule has 0 radical (unpaired) electrons. The third kappa shape index (κ3) is 2.74. The maximum Gasteiger partial charge on any atom is 0.127 e. The van der Waals surface area contributed by atoms with Crippen LogP contribution in [0, 0.1) is 18.3 Å². The van der Waals surface area contributed by atoms with Gasteiger partial charge in [-0.05, 0) is 52.4 Å². The standard InChI is InChI=1S/C16H22N2O/c1-13-6-4-7-14-15(13)19-11-5-8-16(14,12-17)9-10-18(2)3/h4,6-7H,5,8-11H2,1-3H3. The second kappa shape index (κ2) is 5.63. The summed E-state index contributed by atoms with van der Waals surface area (Å²) in [5, 5.41) is 9.79. The number of aryl methyl sites for hydroxylation is 1. The first kappa shape index (κ1) is 13.9. The highest BCUT2D eigenvalue weighted by Gasteiger charge is 2.36. The Bertz CT molecular complexity index is 490. The molecule has 1 aromatic carbocycles. The molecule has 0 N–H and O–H groups in total. The number of ether oxygens (including phenoxy) is 1. The highest BCUT2D eigenvalue weighted by atomic mass is 16.5. The van der Waals surface area contributed by atoms with Crippen molar-refractivity contribution in [2.75, 3.05) is 27.2 Å². The molecular weight excluding hydrogens is 236 g/mol. The van der Waals surface area contributed by atoms with Gasteiger partial charge in [-0.3, -0.25) is 0 Å². The van der Waals surface area contributed by atoms with Gasteiger partial charge in [0.25, 0.3) is 0 Å². The monoisotopic (exact) mass is 258 g/mol. The maximum atomic E-state index is 9.79. The van der Waals surface area contributed by atoms with Gasteiger partial charge in [-0.15, -0.1) is 0 Å². The Labute approximate surface area is 115 Å². The van der Waals surface area contributed by atoms with Gasteiger partial charge in [0.15, 0.2) is 0 Å². The zero-order chi connectivity index (χ0) is 13.9. The molecule has 1 aromatic rings. The summed E-state index contributed by atoms with van der Waals surface area (Å²) in [7, 11) is 4.10. The van der Waals surface area contributed by atoms with E-state index in [0.717, 1.165) is 42.7 Å². The topological polar surface area (TPSA) is 36.3 Å². The van der Waals surface area contributed by atoms with Gasteiger partial charge in [0.1, 0.15) is 5.75 Å². The molecule has 1 unspecified atom stereocenters. The van der Waals surface area contributed by atoms with E-state index in [-0.39, 0.29) is 0 Å². The summed E-state index contributed by atoms with van der Waals surface area (Å²) < 4.78 is 5.88. The third-order valence-electron chi connectivity index (χ3n) is 3.92. The Morgan fingerprint density at radius 3 is 2.89 bits per heavy atom. The average molecular weight is 258 g/mol. The first-order chi connectivity index (χ1) is 9.09. The zero-order valence-corrected chi connectivity index (χ0v) is 12.1. The lowest BCUT2D eigenvalue weighted by Crippen LogP contribution is -2.29. The van der Waals surface area contributed by atoms with Gasteiger partial charge in [0.05, 0.1) is 18.1 Å². The minimum Gasteiger partial charge on any atom is -0.493 e. The highest BCUT2D eigenvalue weighted by molar-refractivity contribution is 5.49. The van der Waals surface area contributed by atoms with Gasteiger partial charge in [0.2, 0.25) is 0 Å². The minimum atomic E-state index is -0.401. The fourth-order valence-electron chi connectivity index (χ4n) is 2.75. The van der Waals surface area contributed by atoms with Gasteiger partial charge in [-0.1, -0.05) is 18.2 Å². The molecule has 0 amide bonds. The lowest BCUT2D eigenvalue weighted by molar-refractivity contribution is 0.308. The summed E-state index contributed by atoms with van der Waals surface area (Å²) >= 11 is 0. The van der Waals surface area contributed by atoms with E-state index in [1.165, 1.54) is 0 Å². The van der Waals surface area contributed by atoms with Crippen LogP contribution in [0.2, 0.25) is 0 Å². The zero-order valence-electron chi connectivity index (χ0n) is 12.1. The van der Waals surface area contributed by atoms with Crippen molar-refractivity contribution in [1.82, 2.24) is 4.90 Å². The summed E-state index contributed by atoms with van der Waals surface area (Å²) in [6, 6.07) is 8.74. The Morgan fingerprint density at radius 1 is 1.42 bits per heavy atom. The van der Waals surface area contributed by atoms with E-state index in [2.05, 4.69) is 44.1 Å². The molecule has 3 nitrogen and oxygen atoms in total. The summed E-state index contributed by atoms with van der Waals surface area (Å²) in [5.41, 5.74) is 1.81. The predicted molar refractivity (Wildman–Crippen MR) is 76.4 cm³/mol. The molecule has 1 atom stereocenters. The van der Waals surface area contributed by atoms with Crippen molar-refractivity contribution in [3.8, 4) is 11.8 Å². The van der Waals surface area contributed by atoms with E-state index in [1.54, 1.807) is 0 Å². The number of rotatable bonds is 3. The Morgan fingerprint density at radius 2 is 2.21 bits per heavy atom. The molecule has 0 saturated heterocycles. The van der Waals surface area contributed by atoms with Crippen molar-refractivity contribution >= 4 is 0 Å². The van der Waals surface area contributed by atoms with Crippen LogP contribution in [0.15, 0.2) is 18.2 Å². The maximum absolute atomic E-state index is 9.79. The van der Waals surface area contributed by atoms with Crippen molar-refractivity contribution in [1.29, 1.82) is 5.26 Å². The van der Waals surface area contributed by atoms with Crippen LogP contribution in [0.4, 0.5) is 0 Å². The molecular formula is C16H22N2O. The number of fused-ring (bicyclic) bond motifs is 1. The number of para-hydroxylation sites is 1. The first-order valence-electron chi connectivity index (χ1n) is 6.88. The SMILES string of the molecule is Cc1cccc2c1OCCCC2(C#N)CCN(C)C. The molecule has 1 heterocycles. The first-order valence-corrected chi connectivity index (χ1v) is 6.88. The summed E-state index contributed by atoms with van der Waals surface area (Å²) in [4.78, 5) is 2.14. The van der Waals surface area contributed by atoms with E-state index < -0.39 is 5.41 Å². The Kier molecular flexibility index (Phi) is 4.11. The Hall–Kier alpha value is -1.53. The van der Waals surface area contributed by atoms with Crippen LogP contribution in [-0.2, 0) is 5.41 Å². The van der Waals surface area contributed by atoms with Gasteiger partial charge < -0.3 is 9.64 Å². The molecule has 19 heavy (non-hydrogen) atoms. The molecule has 0 bridgehead atoms. The Balaban J connectivity index is 2.44. The normalized spacial score (nSPS) is 22.3. The van der Waals surface area contributed by atoms with Crippen LogP contribution < -0.4 is 4.74 Å². The van der Waals surface area contributed by atoms with Gasteiger partial charge in [0, 0.05) is 5.56 Å². The molecule has 0 saturated carbocycles. The van der Waals surface area contributed by atoms with E-state index >= 15 is 0 Å². The molecule has 0 aliphatic carbocycles. The molecule has 0 aromatic heterocycles. The average Bonchev–Trinajstić information content (AvgIpc) is 2.58. The van der Waals surface area contributed by atoms with Crippen molar-refractivity contribution in [2.24, 2.45) is 0 Å². The minimum absolute atomic E-state index is 0.401. The summed E-state index contributed by atoms with van der Waals surface area (Å²) in [6.07, 6.45) is 2.68. The second-order valence-corrected chi connectivity index (χ2v) is 5.65. The number of nitrogens with zero attached hydrogens (tertiary/aromatic N) is 2. The van der Waals surface area contributed by atoms with Crippen LogP contribution in [0.25, 0.3) is 0 Å². The van der Waals surface area contributed by atoms with Crippen LogP contribution in [0.5, 0.6) is 5.75 Å². The van der Waals surface area contributed by atoms with Crippen molar-refractivity contribution in [3.63, 3.8) is 0 Å². The lowest BCUT2D eigenvalue weighted by atomic mass is 9.75. The van der Waals surface area contributed by atoms with Crippen LogP contribution in [0.1, 0.15) is 30.4 Å². The third-order valence-corrected chi connectivity index (χ3v) is 3.92. The van der Waals surface area contributed by atoms with E-state index in [1.807, 2.05) is 6.07 Å². The van der Waals surface area contributed by atoms with Crippen molar-refractivity contribution in [3.05, 3.63) is 29.3 Å². The smallest absolute Gasteiger partial charge is 0.127 e. The quantitative estimate of drug-likeness (QED) is 0.836. The van der Waals surface area contributed by atoms with Crippen LogP contribution in [0.3, 0.4) is 0 Å². The number of hydrogen-bond acceptors (Lipinski definition) is 3. The van der Waals surface area contributed by atoms with Gasteiger partial charge in [-0.25, -0.2) is 0 Å². The predicted octanol–water partition coefficient (Wildman–Crippen LogP) is 2.88. The van der Waals surface area contributed by atoms with E-state index in [0.29, 0.717) is 6.61 Å². The fraction of sp³-hybridized carbons (Fsp3) is 0.562. The number of hydrogen-bond donors (Lipinski definition) is 0. The summed E-state index contributed by atoms with van der Waals surface area (Å²) in [5.74, 6) is 0.931. The molecule has 0 fully saturated rings.